The zero-order valence-corrected chi connectivity index (χ0v) is 14.4. The van der Waals surface area contributed by atoms with Gasteiger partial charge in [-0.15, -0.1) is 0 Å². The van der Waals surface area contributed by atoms with Gasteiger partial charge in [0.05, 0.1) is 22.5 Å². The molecule has 0 saturated heterocycles. The fraction of sp³-hybridized carbons (Fsp3) is 0.125. The second-order valence-electron chi connectivity index (χ2n) is 4.89. The molecular weight excluding hydrogens is 377 g/mol. The summed E-state index contributed by atoms with van der Waals surface area (Å²) in [5, 5.41) is 1.20. The van der Waals surface area contributed by atoms with Crippen molar-refractivity contribution >= 4 is 45.7 Å². The Balaban J connectivity index is 1.93. The summed E-state index contributed by atoms with van der Waals surface area (Å²) in [4.78, 5) is 23.9. The average Bonchev–Trinajstić information content (AvgIpc) is 2.52. The molecule has 0 fully saturated rings. The smallest absolute Gasteiger partial charge is 0.422 e. The summed E-state index contributed by atoms with van der Waals surface area (Å²) in [5.41, 5.74) is -0.517. The first-order chi connectivity index (χ1) is 11.5. The van der Waals surface area contributed by atoms with Crippen LogP contribution in [0.5, 0.6) is 5.75 Å². The molecule has 0 aliphatic heterocycles. The molecule has 1 aromatic heterocycles. The molecule has 0 aliphatic carbocycles. The summed E-state index contributed by atoms with van der Waals surface area (Å²) < 4.78 is 11.5. The molecule has 124 valence electrons. The number of nitrogens with zero attached hydrogens (tertiary/aromatic N) is 1. The lowest BCUT2D eigenvalue weighted by molar-refractivity contribution is 0.287. The summed E-state index contributed by atoms with van der Waals surface area (Å²) >= 11 is 17.8. The fourth-order valence-electron chi connectivity index (χ4n) is 2.27. The minimum Gasteiger partial charge on any atom is -0.492 e. The van der Waals surface area contributed by atoms with Gasteiger partial charge in [-0.2, -0.15) is 0 Å². The van der Waals surface area contributed by atoms with E-state index < -0.39 is 11.4 Å². The molecule has 0 bridgehead atoms. The van der Waals surface area contributed by atoms with Crippen LogP contribution in [0.25, 0.3) is 10.9 Å². The number of hydrogen-bond donors (Lipinski definition) is 0. The zero-order valence-electron chi connectivity index (χ0n) is 12.1. The van der Waals surface area contributed by atoms with Crippen molar-refractivity contribution in [3.8, 4) is 5.75 Å². The van der Waals surface area contributed by atoms with Gasteiger partial charge in [-0.3, -0.25) is 4.57 Å². The standard InChI is InChI=1S/C16H10Cl3NO4/c17-9-1-3-11(4-2-9)23-6-5-20-14-12(15(21)24-16(20)22)7-10(18)8-13(14)19/h1-4,7-8H,5-6H2. The summed E-state index contributed by atoms with van der Waals surface area (Å²) in [7, 11) is 0. The SMILES string of the molecule is O=c1oc(=O)n(CCOc2ccc(Cl)cc2)c2c(Cl)cc(Cl)cc12. The fourth-order valence-corrected chi connectivity index (χ4v) is 2.99. The maximum atomic E-state index is 12.0. The molecule has 0 spiro atoms. The van der Waals surface area contributed by atoms with E-state index in [0.29, 0.717) is 10.8 Å². The molecule has 8 heteroatoms. The van der Waals surface area contributed by atoms with Gasteiger partial charge in [0.25, 0.3) is 0 Å². The van der Waals surface area contributed by atoms with E-state index in [4.69, 9.17) is 44.0 Å². The lowest BCUT2D eigenvalue weighted by atomic mass is 10.2. The first-order valence-electron chi connectivity index (χ1n) is 6.87. The van der Waals surface area contributed by atoms with Crippen molar-refractivity contribution in [2.75, 3.05) is 6.61 Å². The first-order valence-corrected chi connectivity index (χ1v) is 8.00. The Morgan fingerprint density at radius 3 is 2.42 bits per heavy atom. The third kappa shape index (κ3) is 3.43. The Bertz CT molecular complexity index is 1010. The molecule has 0 radical (unpaired) electrons. The van der Waals surface area contributed by atoms with E-state index in [0.717, 1.165) is 0 Å². The number of hydrogen-bond acceptors (Lipinski definition) is 4. The Morgan fingerprint density at radius 2 is 1.71 bits per heavy atom. The molecule has 0 N–H and O–H groups in total. The van der Waals surface area contributed by atoms with Crippen molar-refractivity contribution in [2.45, 2.75) is 6.54 Å². The molecule has 5 nitrogen and oxygen atoms in total. The molecule has 0 atom stereocenters. The van der Waals surface area contributed by atoms with Crippen LogP contribution in [0.15, 0.2) is 50.4 Å². The van der Waals surface area contributed by atoms with E-state index >= 15 is 0 Å². The van der Waals surface area contributed by atoms with Crippen molar-refractivity contribution in [2.24, 2.45) is 0 Å². The van der Waals surface area contributed by atoms with E-state index in [-0.39, 0.29) is 34.1 Å². The number of ether oxygens (including phenoxy) is 1. The van der Waals surface area contributed by atoms with Gasteiger partial charge in [-0.25, -0.2) is 9.59 Å². The maximum absolute atomic E-state index is 12.0. The van der Waals surface area contributed by atoms with Crippen LogP contribution in [0.2, 0.25) is 15.1 Å². The third-order valence-corrected chi connectivity index (χ3v) is 4.07. The van der Waals surface area contributed by atoms with Crippen molar-refractivity contribution < 1.29 is 9.15 Å². The third-order valence-electron chi connectivity index (χ3n) is 3.32. The molecule has 0 saturated carbocycles. The summed E-state index contributed by atoms with van der Waals surface area (Å²) in [6.45, 7) is 0.312. The van der Waals surface area contributed by atoms with Gasteiger partial charge in [0, 0.05) is 10.0 Å². The van der Waals surface area contributed by atoms with Crippen LogP contribution in [0.4, 0.5) is 0 Å². The highest BCUT2D eigenvalue weighted by molar-refractivity contribution is 6.38. The number of halogens is 3. The van der Waals surface area contributed by atoms with Crippen molar-refractivity contribution in [3.05, 3.63) is 72.4 Å². The normalized spacial score (nSPS) is 11.0. The minimum absolute atomic E-state index is 0.138. The van der Waals surface area contributed by atoms with E-state index in [9.17, 15) is 9.59 Å². The van der Waals surface area contributed by atoms with Crippen LogP contribution >= 0.6 is 34.8 Å². The number of benzene rings is 2. The molecular formula is C16H10Cl3NO4. The predicted molar refractivity (Wildman–Crippen MR) is 93.7 cm³/mol. The minimum atomic E-state index is -0.809. The van der Waals surface area contributed by atoms with Crippen LogP contribution in [0, 0.1) is 0 Å². The van der Waals surface area contributed by atoms with Gasteiger partial charge in [-0.1, -0.05) is 34.8 Å². The average molecular weight is 387 g/mol. The number of aromatic nitrogens is 1. The molecule has 3 rings (SSSR count). The van der Waals surface area contributed by atoms with Crippen LogP contribution in [0.3, 0.4) is 0 Å². The van der Waals surface area contributed by atoms with E-state index in [2.05, 4.69) is 0 Å². The van der Waals surface area contributed by atoms with Gasteiger partial charge >= 0.3 is 11.4 Å². The second kappa shape index (κ2) is 6.89. The highest BCUT2D eigenvalue weighted by atomic mass is 35.5. The first kappa shape index (κ1) is 16.9. The zero-order chi connectivity index (χ0) is 17.3. The predicted octanol–water partition coefficient (Wildman–Crippen LogP) is 3.99. The molecule has 0 amide bonds. The van der Waals surface area contributed by atoms with Gasteiger partial charge in [0.2, 0.25) is 0 Å². The van der Waals surface area contributed by atoms with Gasteiger partial charge in [-0.05, 0) is 36.4 Å². The highest BCUT2D eigenvalue weighted by Gasteiger charge is 2.14. The van der Waals surface area contributed by atoms with Crippen molar-refractivity contribution in [1.82, 2.24) is 4.57 Å². The molecule has 0 aliphatic rings. The van der Waals surface area contributed by atoms with Crippen LogP contribution < -0.4 is 16.1 Å². The van der Waals surface area contributed by atoms with Crippen LogP contribution in [0.1, 0.15) is 0 Å². The summed E-state index contributed by atoms with van der Waals surface area (Å²) in [6, 6.07) is 9.67. The van der Waals surface area contributed by atoms with Gasteiger partial charge < -0.3 is 9.15 Å². The molecule has 24 heavy (non-hydrogen) atoms. The van der Waals surface area contributed by atoms with E-state index in [1.165, 1.54) is 16.7 Å². The second-order valence-corrected chi connectivity index (χ2v) is 6.17. The van der Waals surface area contributed by atoms with Crippen molar-refractivity contribution in [1.29, 1.82) is 0 Å². The van der Waals surface area contributed by atoms with Gasteiger partial charge in [0.15, 0.2) is 0 Å². The Hall–Kier alpha value is -1.95. The van der Waals surface area contributed by atoms with Gasteiger partial charge in [0.1, 0.15) is 12.4 Å². The molecule has 3 aromatic rings. The molecule has 0 unspecified atom stereocenters. The van der Waals surface area contributed by atoms with Crippen LogP contribution in [-0.2, 0) is 6.54 Å². The molecule has 1 heterocycles. The topological polar surface area (TPSA) is 61.4 Å². The largest absolute Gasteiger partial charge is 0.492 e. The summed E-state index contributed by atoms with van der Waals surface area (Å²) in [6.07, 6.45) is 0. The van der Waals surface area contributed by atoms with E-state index in [1.807, 2.05) is 0 Å². The van der Waals surface area contributed by atoms with E-state index in [1.54, 1.807) is 24.3 Å². The Labute approximate surface area is 150 Å². The highest BCUT2D eigenvalue weighted by Crippen LogP contribution is 2.25. The monoisotopic (exact) mass is 385 g/mol. The van der Waals surface area contributed by atoms with Crippen LogP contribution in [-0.4, -0.2) is 11.2 Å². The lowest BCUT2D eigenvalue weighted by Gasteiger charge is -2.11. The summed E-state index contributed by atoms with van der Waals surface area (Å²) in [5.74, 6) is -0.209. The van der Waals surface area contributed by atoms with Crippen molar-refractivity contribution in [3.63, 3.8) is 0 Å². The lowest BCUT2D eigenvalue weighted by Crippen LogP contribution is -2.27. The quantitative estimate of drug-likeness (QED) is 0.680. The molecule has 2 aromatic carbocycles. The maximum Gasteiger partial charge on any atom is 0.422 e. The Kier molecular flexibility index (Phi) is 4.85. The Morgan fingerprint density at radius 1 is 1.00 bits per heavy atom. The number of rotatable bonds is 4. The number of fused-ring (bicyclic) bond motifs is 1.